The molecule has 0 aliphatic carbocycles. The molecule has 0 spiro atoms. The SMILES string of the molecule is C[C@@H](CO/N=C/C(=C=O)N1CCN(c2ncc(C(F)(F)F)cn2)CC1)NC1=C(C(F)(F)F)C(=C=O)NN=C1. The topological polar surface area (TPSA) is 124 Å². The van der Waals surface area contributed by atoms with Crippen LogP contribution in [0.2, 0.25) is 0 Å². The fourth-order valence-corrected chi connectivity index (χ4v) is 3.39. The molecule has 0 bridgehead atoms. The molecule has 11 nitrogen and oxygen atoms in total. The Morgan fingerprint density at radius 1 is 1.16 bits per heavy atom. The van der Waals surface area contributed by atoms with Crippen molar-refractivity contribution in [2.45, 2.75) is 25.3 Å². The summed E-state index contributed by atoms with van der Waals surface area (Å²) in [5.41, 5.74) is -1.56. The number of nitrogens with zero attached hydrogens (tertiary/aromatic N) is 6. The maximum atomic E-state index is 13.3. The summed E-state index contributed by atoms with van der Waals surface area (Å²) in [6.45, 7) is 2.46. The molecule has 38 heavy (non-hydrogen) atoms. The summed E-state index contributed by atoms with van der Waals surface area (Å²) in [6.07, 6.45) is -6.04. The molecule has 1 atom stereocenters. The summed E-state index contributed by atoms with van der Waals surface area (Å²) < 4.78 is 78.0. The van der Waals surface area contributed by atoms with Gasteiger partial charge in [-0.05, 0) is 6.92 Å². The van der Waals surface area contributed by atoms with Gasteiger partial charge in [0.1, 0.15) is 24.1 Å². The van der Waals surface area contributed by atoms with Crippen LogP contribution < -0.4 is 15.6 Å². The van der Waals surface area contributed by atoms with E-state index in [-0.39, 0.29) is 31.3 Å². The molecule has 204 valence electrons. The number of allylic oxidation sites excluding steroid dienone is 3. The number of piperazine rings is 1. The Labute approximate surface area is 211 Å². The van der Waals surface area contributed by atoms with Gasteiger partial charge in [0.05, 0.1) is 23.5 Å². The number of hydrogen-bond donors (Lipinski definition) is 2. The van der Waals surface area contributed by atoms with Crippen molar-refractivity contribution >= 4 is 30.3 Å². The van der Waals surface area contributed by atoms with Crippen LogP contribution in [-0.2, 0) is 20.6 Å². The first kappa shape index (κ1) is 28.2. The van der Waals surface area contributed by atoms with Crippen LogP contribution in [0.25, 0.3) is 0 Å². The number of nitrogens with one attached hydrogen (secondary N) is 2. The molecule has 3 rings (SSSR count). The molecule has 2 aliphatic rings. The Morgan fingerprint density at radius 3 is 2.37 bits per heavy atom. The largest absolute Gasteiger partial charge is 0.421 e. The van der Waals surface area contributed by atoms with E-state index >= 15 is 0 Å². The van der Waals surface area contributed by atoms with Crippen LogP contribution in [0.15, 0.2) is 45.3 Å². The van der Waals surface area contributed by atoms with Crippen molar-refractivity contribution in [2.75, 3.05) is 37.7 Å². The van der Waals surface area contributed by atoms with Crippen molar-refractivity contribution in [1.29, 1.82) is 0 Å². The monoisotopic (exact) mass is 546 g/mol. The van der Waals surface area contributed by atoms with Crippen LogP contribution >= 0.6 is 0 Å². The van der Waals surface area contributed by atoms with Crippen LogP contribution in [0.5, 0.6) is 0 Å². The number of oxime groups is 1. The fourth-order valence-electron chi connectivity index (χ4n) is 3.39. The molecule has 0 aromatic carbocycles. The molecule has 3 heterocycles. The summed E-state index contributed by atoms with van der Waals surface area (Å²) in [5.74, 6) is 2.99. The zero-order valence-corrected chi connectivity index (χ0v) is 19.6. The second-order valence-electron chi connectivity index (χ2n) is 7.94. The number of hydrogen-bond acceptors (Lipinski definition) is 11. The van der Waals surface area contributed by atoms with Crippen molar-refractivity contribution in [1.82, 2.24) is 25.6 Å². The van der Waals surface area contributed by atoms with E-state index in [0.717, 1.165) is 18.4 Å². The van der Waals surface area contributed by atoms with Gasteiger partial charge in [-0.2, -0.15) is 31.4 Å². The first-order chi connectivity index (χ1) is 17.9. The van der Waals surface area contributed by atoms with Gasteiger partial charge in [-0.15, -0.1) is 0 Å². The summed E-state index contributed by atoms with van der Waals surface area (Å²) in [6, 6.07) is -0.715. The summed E-state index contributed by atoms with van der Waals surface area (Å²) >= 11 is 0. The highest BCUT2D eigenvalue weighted by Crippen LogP contribution is 2.32. The minimum Gasteiger partial charge on any atom is -0.394 e. The van der Waals surface area contributed by atoms with Crippen molar-refractivity contribution in [3.8, 4) is 0 Å². The lowest BCUT2D eigenvalue weighted by Gasteiger charge is -2.35. The molecule has 1 aromatic rings. The molecule has 0 unspecified atom stereocenters. The Kier molecular flexibility index (Phi) is 8.76. The molecule has 0 amide bonds. The lowest BCUT2D eigenvalue weighted by molar-refractivity contribution is -0.138. The van der Waals surface area contributed by atoms with Crippen LogP contribution in [0.1, 0.15) is 12.5 Å². The molecule has 1 saturated heterocycles. The Balaban J connectivity index is 1.51. The van der Waals surface area contributed by atoms with Crippen LogP contribution in [0.3, 0.4) is 0 Å². The van der Waals surface area contributed by atoms with E-state index in [0.29, 0.717) is 25.5 Å². The Hall–Kier alpha value is -4.36. The zero-order valence-electron chi connectivity index (χ0n) is 19.6. The number of aromatic nitrogens is 2. The zero-order chi connectivity index (χ0) is 27.9. The molecule has 1 fully saturated rings. The van der Waals surface area contributed by atoms with E-state index < -0.39 is 40.9 Å². The summed E-state index contributed by atoms with van der Waals surface area (Å²) in [4.78, 5) is 38.1. The van der Waals surface area contributed by atoms with Gasteiger partial charge in [-0.1, -0.05) is 5.16 Å². The third kappa shape index (κ3) is 7.11. The Bertz CT molecular complexity index is 1190. The van der Waals surface area contributed by atoms with Gasteiger partial charge in [-0.25, -0.2) is 19.6 Å². The number of alkyl halides is 6. The van der Waals surface area contributed by atoms with E-state index in [9.17, 15) is 35.9 Å². The minimum absolute atomic E-state index is 0.0342. The first-order valence-electron chi connectivity index (χ1n) is 10.9. The molecule has 2 aliphatic heterocycles. The standard InChI is InChI=1S/C21H20F6N8O3/c1-13(32-16-9-30-33-17(11-37)18(16)21(25,26)27)12-38-31-8-15(10-36)34-2-4-35(5-3-34)19-28-6-14(7-29-19)20(22,23)24/h6-9,13,32-33H,2-5,12H2,1H3/b31-8+/t13-/m0/s1. The number of halogens is 6. The van der Waals surface area contributed by atoms with Gasteiger partial charge in [0, 0.05) is 38.6 Å². The van der Waals surface area contributed by atoms with Crippen LogP contribution in [0.4, 0.5) is 32.3 Å². The number of rotatable bonds is 8. The predicted molar refractivity (Wildman–Crippen MR) is 121 cm³/mol. The smallest absolute Gasteiger partial charge is 0.394 e. The van der Waals surface area contributed by atoms with E-state index in [2.05, 4.69) is 25.5 Å². The Morgan fingerprint density at radius 2 is 1.82 bits per heavy atom. The molecule has 0 saturated carbocycles. The molecule has 0 radical (unpaired) electrons. The lowest BCUT2D eigenvalue weighted by atomic mass is 10.1. The van der Waals surface area contributed by atoms with Crippen molar-refractivity contribution in [3.05, 3.63) is 40.6 Å². The van der Waals surface area contributed by atoms with E-state index in [1.54, 1.807) is 15.7 Å². The second kappa shape index (κ2) is 11.8. The van der Waals surface area contributed by atoms with E-state index in [1.165, 1.54) is 6.92 Å². The average Bonchev–Trinajstić information content (AvgIpc) is 2.87. The first-order valence-corrected chi connectivity index (χ1v) is 10.9. The summed E-state index contributed by atoms with van der Waals surface area (Å²) in [5, 5.41) is 9.67. The number of anilines is 1. The van der Waals surface area contributed by atoms with Gasteiger partial charge in [0.25, 0.3) is 0 Å². The van der Waals surface area contributed by atoms with E-state index in [4.69, 9.17) is 4.84 Å². The molecule has 2 N–H and O–H groups in total. The number of hydrazone groups is 1. The highest BCUT2D eigenvalue weighted by atomic mass is 19.4. The van der Waals surface area contributed by atoms with Crippen LogP contribution in [0, 0.1) is 0 Å². The molecular weight excluding hydrogens is 526 g/mol. The van der Waals surface area contributed by atoms with Gasteiger partial charge in [0.2, 0.25) is 5.95 Å². The second-order valence-corrected chi connectivity index (χ2v) is 7.94. The molecule has 17 heteroatoms. The van der Waals surface area contributed by atoms with Crippen molar-refractivity contribution in [3.63, 3.8) is 0 Å². The maximum absolute atomic E-state index is 13.3. The number of carbonyl (C=O) groups excluding carboxylic acids is 2. The van der Waals surface area contributed by atoms with Gasteiger partial charge in [-0.3, -0.25) is 5.43 Å². The van der Waals surface area contributed by atoms with Crippen molar-refractivity contribution < 1.29 is 40.8 Å². The molecule has 1 aromatic heterocycles. The van der Waals surface area contributed by atoms with Gasteiger partial charge >= 0.3 is 12.4 Å². The minimum atomic E-state index is -4.85. The van der Waals surface area contributed by atoms with Crippen LogP contribution in [-0.4, -0.2) is 84.2 Å². The fraction of sp³-hybridized carbons (Fsp3) is 0.429. The van der Waals surface area contributed by atoms with Crippen molar-refractivity contribution in [2.24, 2.45) is 10.3 Å². The van der Waals surface area contributed by atoms with Gasteiger partial charge < -0.3 is 20.0 Å². The predicted octanol–water partition coefficient (Wildman–Crippen LogP) is 1.43. The highest BCUT2D eigenvalue weighted by molar-refractivity contribution is 5.88. The lowest BCUT2D eigenvalue weighted by Crippen LogP contribution is -2.46. The maximum Gasteiger partial charge on any atom is 0.421 e. The summed E-state index contributed by atoms with van der Waals surface area (Å²) in [7, 11) is 0. The molecular formula is C21H20F6N8O3. The third-order valence-electron chi connectivity index (χ3n) is 5.22. The normalized spacial score (nSPS) is 17.2. The van der Waals surface area contributed by atoms with Gasteiger partial charge in [0.15, 0.2) is 17.6 Å². The highest BCUT2D eigenvalue weighted by Gasteiger charge is 2.41. The third-order valence-corrected chi connectivity index (χ3v) is 5.22. The van der Waals surface area contributed by atoms with E-state index in [1.807, 2.05) is 5.43 Å². The average molecular weight is 546 g/mol. The quantitative estimate of drug-likeness (QED) is 0.216.